The van der Waals surface area contributed by atoms with Crippen molar-refractivity contribution in [3.05, 3.63) is 39.0 Å². The third-order valence-electron chi connectivity index (χ3n) is 3.46. The van der Waals surface area contributed by atoms with Gasteiger partial charge >= 0.3 is 0 Å². The van der Waals surface area contributed by atoms with Gasteiger partial charge in [0, 0.05) is 22.2 Å². The van der Waals surface area contributed by atoms with E-state index in [-0.39, 0.29) is 5.12 Å². The zero-order chi connectivity index (χ0) is 15.0. The van der Waals surface area contributed by atoms with Crippen molar-refractivity contribution in [3.63, 3.8) is 0 Å². The van der Waals surface area contributed by atoms with Gasteiger partial charge < -0.3 is 4.52 Å². The summed E-state index contributed by atoms with van der Waals surface area (Å²) in [5.41, 5.74) is 4.74. The Morgan fingerprint density at radius 3 is 2.45 bits per heavy atom. The molecule has 106 valence electrons. The molecule has 5 heteroatoms. The molecule has 0 aliphatic carbocycles. The third kappa shape index (κ3) is 2.38. The van der Waals surface area contributed by atoms with E-state index in [9.17, 15) is 4.79 Å². The number of carbonyl (C=O) groups excluding carboxylic acids is 1. The minimum atomic E-state index is -0.279. The van der Waals surface area contributed by atoms with Gasteiger partial charge in [-0.1, -0.05) is 23.7 Å². The van der Waals surface area contributed by atoms with Crippen LogP contribution in [0.15, 0.2) is 10.6 Å². The van der Waals surface area contributed by atoms with Crippen LogP contribution in [0.2, 0.25) is 5.02 Å². The predicted octanol–water partition coefficient (Wildman–Crippen LogP) is 4.55. The Balaban J connectivity index is 2.86. The lowest BCUT2D eigenvalue weighted by molar-refractivity contribution is 0.109. The van der Waals surface area contributed by atoms with E-state index < -0.39 is 0 Å². The van der Waals surface area contributed by atoms with Crippen LogP contribution < -0.4 is 0 Å². The molecule has 1 heterocycles. The molecule has 0 N–H and O–H groups in total. The number of carbonyl (C=O) groups is 1. The maximum atomic E-state index is 11.9. The molecule has 2 aromatic rings. The first-order valence-electron chi connectivity index (χ1n) is 6.37. The maximum Gasteiger partial charge on any atom is 0.216 e. The lowest BCUT2D eigenvalue weighted by Gasteiger charge is -2.17. The summed E-state index contributed by atoms with van der Waals surface area (Å²) >= 11 is 10.4. The SMILES string of the molecule is CCc1c(Cl)c(C)c(-c2cc(C)no2)c(C)c1C(=O)S. The number of hydrogen-bond acceptors (Lipinski definition) is 3. The molecule has 0 bridgehead atoms. The minimum Gasteiger partial charge on any atom is -0.356 e. The highest BCUT2D eigenvalue weighted by atomic mass is 35.5. The van der Waals surface area contributed by atoms with Crippen molar-refractivity contribution in [1.29, 1.82) is 0 Å². The Labute approximate surface area is 128 Å². The van der Waals surface area contributed by atoms with E-state index in [1.807, 2.05) is 33.8 Å². The fraction of sp³-hybridized carbons (Fsp3) is 0.333. The van der Waals surface area contributed by atoms with E-state index >= 15 is 0 Å². The number of rotatable bonds is 3. The highest BCUT2D eigenvalue weighted by Gasteiger charge is 2.23. The van der Waals surface area contributed by atoms with E-state index in [1.165, 1.54) is 0 Å². The molecule has 0 unspecified atom stereocenters. The zero-order valence-corrected chi connectivity index (χ0v) is 13.5. The van der Waals surface area contributed by atoms with E-state index in [0.29, 0.717) is 22.8 Å². The van der Waals surface area contributed by atoms with Crippen molar-refractivity contribution in [2.24, 2.45) is 0 Å². The molecule has 1 aromatic carbocycles. The summed E-state index contributed by atoms with van der Waals surface area (Å²) < 4.78 is 5.33. The number of nitrogens with zero attached hydrogens (tertiary/aromatic N) is 1. The Morgan fingerprint density at radius 1 is 1.35 bits per heavy atom. The predicted molar refractivity (Wildman–Crippen MR) is 83.9 cm³/mol. The molecule has 0 spiro atoms. The lowest BCUT2D eigenvalue weighted by atomic mass is 9.90. The molecule has 1 aromatic heterocycles. The van der Waals surface area contributed by atoms with E-state index in [1.54, 1.807) is 0 Å². The third-order valence-corrected chi connectivity index (χ3v) is 4.20. The molecule has 0 saturated carbocycles. The summed E-state index contributed by atoms with van der Waals surface area (Å²) in [6.45, 7) is 7.64. The Kier molecular flexibility index (Phi) is 4.25. The maximum absolute atomic E-state index is 11.9. The quantitative estimate of drug-likeness (QED) is 0.846. The zero-order valence-electron chi connectivity index (χ0n) is 11.9. The van der Waals surface area contributed by atoms with Gasteiger partial charge in [0.05, 0.1) is 5.69 Å². The van der Waals surface area contributed by atoms with E-state index in [2.05, 4.69) is 17.8 Å². The molecule has 0 radical (unpaired) electrons. The fourth-order valence-electron chi connectivity index (χ4n) is 2.55. The standard InChI is InChI=1S/C15H16ClNO2S/c1-5-10-13(15(18)20)8(3)12(9(4)14(10)16)11-6-7(2)17-19-11/h6H,5H2,1-4H3,(H,18,20). The van der Waals surface area contributed by atoms with Gasteiger partial charge in [-0.3, -0.25) is 4.79 Å². The molecular weight excluding hydrogens is 294 g/mol. The molecule has 0 saturated heterocycles. The summed E-state index contributed by atoms with van der Waals surface area (Å²) in [6.07, 6.45) is 0.678. The number of aromatic nitrogens is 1. The number of aryl methyl sites for hydroxylation is 1. The Hall–Kier alpha value is -1.26. The van der Waals surface area contributed by atoms with Crippen LogP contribution in [-0.4, -0.2) is 10.3 Å². The first-order chi connectivity index (χ1) is 9.38. The summed E-state index contributed by atoms with van der Waals surface area (Å²) in [6, 6.07) is 1.84. The number of halogens is 1. The van der Waals surface area contributed by atoms with Gasteiger partial charge in [-0.25, -0.2) is 0 Å². The first kappa shape index (κ1) is 15.1. The van der Waals surface area contributed by atoms with Gasteiger partial charge in [0.2, 0.25) is 5.12 Å². The van der Waals surface area contributed by atoms with Crippen molar-refractivity contribution in [2.75, 3.05) is 0 Å². The van der Waals surface area contributed by atoms with Gasteiger partial charge in [-0.2, -0.15) is 0 Å². The van der Waals surface area contributed by atoms with Crippen LogP contribution >= 0.6 is 24.2 Å². The second kappa shape index (κ2) is 5.62. The summed E-state index contributed by atoms with van der Waals surface area (Å²) in [5.74, 6) is 0.623. The highest BCUT2D eigenvalue weighted by molar-refractivity contribution is 7.97. The lowest BCUT2D eigenvalue weighted by Crippen LogP contribution is -2.05. The topological polar surface area (TPSA) is 43.1 Å². The second-order valence-corrected chi connectivity index (χ2v) is 5.57. The van der Waals surface area contributed by atoms with Crippen molar-refractivity contribution < 1.29 is 9.32 Å². The molecule has 3 nitrogen and oxygen atoms in total. The van der Waals surface area contributed by atoms with Crippen molar-refractivity contribution >= 4 is 29.3 Å². The highest BCUT2D eigenvalue weighted by Crippen LogP contribution is 2.38. The summed E-state index contributed by atoms with van der Waals surface area (Å²) in [7, 11) is 0. The monoisotopic (exact) mass is 309 g/mol. The largest absolute Gasteiger partial charge is 0.356 e. The van der Waals surface area contributed by atoms with Crippen molar-refractivity contribution in [1.82, 2.24) is 5.16 Å². The first-order valence-corrected chi connectivity index (χ1v) is 7.19. The number of hydrogen-bond donors (Lipinski definition) is 1. The van der Waals surface area contributed by atoms with Crippen LogP contribution in [0, 0.1) is 20.8 Å². The number of thiol groups is 1. The van der Waals surface area contributed by atoms with Crippen LogP contribution in [0.5, 0.6) is 0 Å². The van der Waals surface area contributed by atoms with Crippen LogP contribution in [-0.2, 0) is 6.42 Å². The van der Waals surface area contributed by atoms with E-state index in [0.717, 1.165) is 27.9 Å². The molecule has 2 rings (SSSR count). The normalized spacial score (nSPS) is 10.9. The summed E-state index contributed by atoms with van der Waals surface area (Å²) in [5, 5.41) is 4.22. The van der Waals surface area contributed by atoms with Gasteiger partial charge in [-0.15, -0.1) is 12.6 Å². The van der Waals surface area contributed by atoms with E-state index in [4.69, 9.17) is 16.1 Å². The van der Waals surface area contributed by atoms with Crippen molar-refractivity contribution in [3.8, 4) is 11.3 Å². The average molecular weight is 310 g/mol. The van der Waals surface area contributed by atoms with Crippen LogP contribution in [0.25, 0.3) is 11.3 Å². The fourth-order valence-corrected chi connectivity index (χ4v) is 3.18. The molecule has 0 fully saturated rings. The van der Waals surface area contributed by atoms with Crippen LogP contribution in [0.1, 0.15) is 39.7 Å². The van der Waals surface area contributed by atoms with Crippen LogP contribution in [0.3, 0.4) is 0 Å². The summed E-state index contributed by atoms with van der Waals surface area (Å²) in [4.78, 5) is 11.9. The van der Waals surface area contributed by atoms with Gasteiger partial charge in [0.25, 0.3) is 0 Å². The molecular formula is C15H16ClNO2S. The number of benzene rings is 1. The minimum absolute atomic E-state index is 0.279. The Morgan fingerprint density at radius 2 is 2.00 bits per heavy atom. The average Bonchev–Trinajstić information content (AvgIpc) is 2.79. The molecule has 0 amide bonds. The molecule has 0 aliphatic heterocycles. The smallest absolute Gasteiger partial charge is 0.216 e. The second-order valence-electron chi connectivity index (χ2n) is 4.78. The Bertz CT molecular complexity index is 692. The molecule has 0 atom stereocenters. The van der Waals surface area contributed by atoms with Gasteiger partial charge in [0.1, 0.15) is 0 Å². The van der Waals surface area contributed by atoms with Gasteiger partial charge in [0.15, 0.2) is 5.76 Å². The van der Waals surface area contributed by atoms with Gasteiger partial charge in [-0.05, 0) is 43.9 Å². The van der Waals surface area contributed by atoms with Crippen molar-refractivity contribution in [2.45, 2.75) is 34.1 Å². The molecule has 20 heavy (non-hydrogen) atoms. The van der Waals surface area contributed by atoms with Crippen LogP contribution in [0.4, 0.5) is 0 Å². The molecule has 0 aliphatic rings.